The van der Waals surface area contributed by atoms with Gasteiger partial charge in [0.2, 0.25) is 0 Å². The second-order valence-electron chi connectivity index (χ2n) is 3.80. The Balaban J connectivity index is 3.02. The van der Waals surface area contributed by atoms with Gasteiger partial charge < -0.3 is 10.0 Å². The molecule has 0 spiro atoms. The molecule has 15 heavy (non-hydrogen) atoms. The summed E-state index contributed by atoms with van der Waals surface area (Å²) in [5.74, 6) is -0.305. The third-order valence-electron chi connectivity index (χ3n) is 2.84. The normalized spacial score (nSPS) is 12.6. The Morgan fingerprint density at radius 1 is 1.47 bits per heavy atom. The molecule has 0 bridgehead atoms. The fraction of sp³-hybridized carbons (Fsp3) is 0.500. The van der Waals surface area contributed by atoms with Crippen molar-refractivity contribution in [3.05, 3.63) is 29.6 Å². The van der Waals surface area contributed by atoms with Gasteiger partial charge in [-0.15, -0.1) is 0 Å². The zero-order valence-corrected chi connectivity index (χ0v) is 9.50. The fourth-order valence-corrected chi connectivity index (χ4v) is 1.54. The monoisotopic (exact) mass is 211 g/mol. The number of aliphatic hydroxyl groups is 1. The maximum atomic E-state index is 13.0. The molecule has 0 fully saturated rings. The first-order valence-electron chi connectivity index (χ1n) is 5.22. The minimum Gasteiger partial charge on any atom is -0.392 e. The molecule has 2 nitrogen and oxygen atoms in total. The van der Waals surface area contributed by atoms with Crippen molar-refractivity contribution in [1.82, 2.24) is 0 Å². The van der Waals surface area contributed by atoms with Gasteiger partial charge in [-0.2, -0.15) is 0 Å². The molecule has 0 aromatic heterocycles. The van der Waals surface area contributed by atoms with Gasteiger partial charge in [0.1, 0.15) is 5.82 Å². The second-order valence-corrected chi connectivity index (χ2v) is 3.80. The first-order chi connectivity index (χ1) is 7.10. The van der Waals surface area contributed by atoms with Crippen molar-refractivity contribution in [3.8, 4) is 0 Å². The lowest BCUT2D eigenvalue weighted by atomic mass is 10.1. The third-order valence-corrected chi connectivity index (χ3v) is 2.84. The quantitative estimate of drug-likeness (QED) is 0.827. The maximum Gasteiger partial charge on any atom is 0.123 e. The highest BCUT2D eigenvalue weighted by Gasteiger charge is 2.12. The van der Waals surface area contributed by atoms with Crippen LogP contribution in [0, 0.1) is 5.82 Å². The standard InChI is InChI=1S/C12H18FNO/c1-4-9(2)14(3)12-6-5-11(13)7-10(12)8-15/h5-7,9,15H,4,8H2,1-3H3. The summed E-state index contributed by atoms with van der Waals surface area (Å²) in [7, 11) is 1.96. The summed E-state index contributed by atoms with van der Waals surface area (Å²) in [6.45, 7) is 4.07. The Hall–Kier alpha value is -1.09. The summed E-state index contributed by atoms with van der Waals surface area (Å²) >= 11 is 0. The van der Waals surface area contributed by atoms with Crippen LogP contribution in [0.15, 0.2) is 18.2 Å². The van der Waals surface area contributed by atoms with Gasteiger partial charge in [-0.05, 0) is 31.5 Å². The molecule has 1 unspecified atom stereocenters. The minimum absolute atomic E-state index is 0.131. The lowest BCUT2D eigenvalue weighted by molar-refractivity contribution is 0.281. The number of halogens is 1. The van der Waals surface area contributed by atoms with E-state index in [4.69, 9.17) is 5.11 Å². The highest BCUT2D eigenvalue weighted by atomic mass is 19.1. The second kappa shape index (κ2) is 5.12. The van der Waals surface area contributed by atoms with Crippen molar-refractivity contribution < 1.29 is 9.50 Å². The van der Waals surface area contributed by atoms with Crippen LogP contribution in [0.4, 0.5) is 10.1 Å². The molecule has 1 rings (SSSR count). The van der Waals surface area contributed by atoms with Crippen molar-refractivity contribution in [2.24, 2.45) is 0 Å². The van der Waals surface area contributed by atoms with E-state index in [0.29, 0.717) is 11.6 Å². The van der Waals surface area contributed by atoms with Crippen LogP contribution in [-0.2, 0) is 6.61 Å². The lowest BCUT2D eigenvalue weighted by Gasteiger charge is -2.27. The van der Waals surface area contributed by atoms with Crippen molar-refractivity contribution in [3.63, 3.8) is 0 Å². The Labute approximate surface area is 90.3 Å². The van der Waals surface area contributed by atoms with Crippen LogP contribution in [0.25, 0.3) is 0 Å². The summed E-state index contributed by atoms with van der Waals surface area (Å²) in [6, 6.07) is 4.90. The highest BCUT2D eigenvalue weighted by Crippen LogP contribution is 2.23. The molecule has 0 radical (unpaired) electrons. The molecule has 0 aliphatic rings. The molecule has 3 heteroatoms. The molecule has 0 aliphatic carbocycles. The third kappa shape index (κ3) is 2.69. The fourth-order valence-electron chi connectivity index (χ4n) is 1.54. The van der Waals surface area contributed by atoms with E-state index in [1.54, 1.807) is 6.07 Å². The molecule has 1 atom stereocenters. The van der Waals surface area contributed by atoms with Gasteiger partial charge >= 0.3 is 0 Å². The van der Waals surface area contributed by atoms with E-state index in [1.807, 2.05) is 7.05 Å². The molecule has 0 heterocycles. The molecule has 0 amide bonds. The van der Waals surface area contributed by atoms with Crippen LogP contribution < -0.4 is 4.90 Å². The Morgan fingerprint density at radius 2 is 2.13 bits per heavy atom. The maximum absolute atomic E-state index is 13.0. The van der Waals surface area contributed by atoms with E-state index in [-0.39, 0.29) is 12.4 Å². The zero-order valence-electron chi connectivity index (χ0n) is 9.50. The van der Waals surface area contributed by atoms with Crippen LogP contribution in [0.3, 0.4) is 0 Å². The van der Waals surface area contributed by atoms with Crippen molar-refractivity contribution in [2.45, 2.75) is 32.9 Å². The van der Waals surface area contributed by atoms with Crippen molar-refractivity contribution in [2.75, 3.05) is 11.9 Å². The summed E-state index contributed by atoms with van der Waals surface area (Å²) in [5, 5.41) is 9.15. The molecule has 0 saturated heterocycles. The van der Waals surface area contributed by atoms with Crippen LogP contribution in [0.5, 0.6) is 0 Å². The summed E-state index contributed by atoms with van der Waals surface area (Å²) < 4.78 is 13.0. The largest absolute Gasteiger partial charge is 0.392 e. The molecule has 0 aliphatic heterocycles. The summed E-state index contributed by atoms with van der Waals surface area (Å²) in [5.41, 5.74) is 1.53. The Morgan fingerprint density at radius 3 is 2.67 bits per heavy atom. The van der Waals surface area contributed by atoms with E-state index in [9.17, 15) is 4.39 Å². The predicted molar refractivity (Wildman–Crippen MR) is 60.5 cm³/mol. The lowest BCUT2D eigenvalue weighted by Crippen LogP contribution is -2.28. The number of hydrogen-bond donors (Lipinski definition) is 1. The number of hydrogen-bond acceptors (Lipinski definition) is 2. The van der Waals surface area contributed by atoms with Gasteiger partial charge in [0.05, 0.1) is 6.61 Å². The van der Waals surface area contributed by atoms with Crippen LogP contribution >= 0.6 is 0 Å². The highest BCUT2D eigenvalue weighted by molar-refractivity contribution is 5.53. The van der Waals surface area contributed by atoms with Gasteiger partial charge in [-0.25, -0.2) is 4.39 Å². The van der Waals surface area contributed by atoms with Crippen LogP contribution in [0.1, 0.15) is 25.8 Å². The van der Waals surface area contributed by atoms with Gasteiger partial charge in [0.25, 0.3) is 0 Å². The van der Waals surface area contributed by atoms with Gasteiger partial charge in [-0.1, -0.05) is 6.92 Å². The number of anilines is 1. The predicted octanol–water partition coefficient (Wildman–Crippen LogP) is 2.55. The summed E-state index contributed by atoms with van der Waals surface area (Å²) in [6.07, 6.45) is 1.01. The average Bonchev–Trinajstić information content (AvgIpc) is 2.26. The number of rotatable bonds is 4. The SMILES string of the molecule is CCC(C)N(C)c1ccc(F)cc1CO. The number of benzene rings is 1. The van der Waals surface area contributed by atoms with Crippen molar-refractivity contribution in [1.29, 1.82) is 0 Å². The topological polar surface area (TPSA) is 23.5 Å². The number of aliphatic hydroxyl groups excluding tert-OH is 1. The first kappa shape index (κ1) is 12.0. The summed E-state index contributed by atoms with van der Waals surface area (Å²) in [4.78, 5) is 2.06. The van der Waals surface area contributed by atoms with Gasteiger partial charge in [0, 0.05) is 24.3 Å². The molecular weight excluding hydrogens is 193 g/mol. The number of nitrogens with zero attached hydrogens (tertiary/aromatic N) is 1. The Kier molecular flexibility index (Phi) is 4.09. The van der Waals surface area contributed by atoms with E-state index in [1.165, 1.54) is 12.1 Å². The van der Waals surface area contributed by atoms with Crippen LogP contribution in [0.2, 0.25) is 0 Å². The molecule has 84 valence electrons. The minimum atomic E-state index is -0.305. The van der Waals surface area contributed by atoms with Gasteiger partial charge in [-0.3, -0.25) is 0 Å². The van der Waals surface area contributed by atoms with E-state index in [2.05, 4.69) is 18.7 Å². The molecular formula is C12H18FNO. The molecule has 0 saturated carbocycles. The first-order valence-corrected chi connectivity index (χ1v) is 5.22. The molecule has 1 aromatic rings. The Bertz CT molecular complexity index is 327. The molecule has 1 N–H and O–H groups in total. The van der Waals surface area contributed by atoms with E-state index < -0.39 is 0 Å². The van der Waals surface area contributed by atoms with E-state index in [0.717, 1.165) is 12.1 Å². The van der Waals surface area contributed by atoms with Crippen LogP contribution in [-0.4, -0.2) is 18.2 Å². The smallest absolute Gasteiger partial charge is 0.123 e. The average molecular weight is 211 g/mol. The zero-order chi connectivity index (χ0) is 11.4. The molecule has 1 aromatic carbocycles. The van der Waals surface area contributed by atoms with Crippen molar-refractivity contribution >= 4 is 5.69 Å². The van der Waals surface area contributed by atoms with Gasteiger partial charge in [0.15, 0.2) is 0 Å². The van der Waals surface area contributed by atoms with E-state index >= 15 is 0 Å².